The van der Waals surface area contributed by atoms with Crippen molar-refractivity contribution in [3.05, 3.63) is 11.4 Å². The largest absolute Gasteiger partial charge is 0.249 e. The minimum atomic E-state index is 0.0760. The molecule has 0 saturated carbocycles. The molecule has 0 N–H and O–H groups in total. The molecule has 0 radical (unpaired) electrons. The molecule has 0 unspecified atom stereocenters. The second kappa shape index (κ2) is 4.79. The Bertz CT molecular complexity index is 364. The molecule has 0 amide bonds. The van der Waals surface area contributed by atoms with Crippen molar-refractivity contribution >= 4 is 0 Å². The Morgan fingerprint density at radius 3 is 2.06 bits per heavy atom. The Kier molecular flexibility index (Phi) is 4.00. The summed E-state index contributed by atoms with van der Waals surface area (Å²) in [6, 6.07) is 0. The fourth-order valence-corrected chi connectivity index (χ4v) is 1.98. The van der Waals surface area contributed by atoms with Crippen LogP contribution in [0, 0.1) is 5.41 Å². The van der Waals surface area contributed by atoms with Gasteiger partial charge in [0.2, 0.25) is 0 Å². The van der Waals surface area contributed by atoms with Crippen LogP contribution in [-0.2, 0) is 18.4 Å². The van der Waals surface area contributed by atoms with Crippen molar-refractivity contribution in [1.29, 1.82) is 0 Å². The maximum absolute atomic E-state index is 4.40. The lowest BCUT2D eigenvalue weighted by Gasteiger charge is -2.23. The molecule has 0 aliphatic carbocycles. The Labute approximate surface area is 106 Å². The van der Waals surface area contributed by atoms with E-state index in [9.17, 15) is 0 Å². The van der Waals surface area contributed by atoms with Crippen molar-refractivity contribution in [2.75, 3.05) is 0 Å². The highest BCUT2D eigenvalue weighted by Gasteiger charge is 2.27. The van der Waals surface area contributed by atoms with Gasteiger partial charge >= 0.3 is 0 Å². The summed E-state index contributed by atoms with van der Waals surface area (Å²) in [5.41, 5.74) is 2.81. The van der Waals surface area contributed by atoms with E-state index >= 15 is 0 Å². The molecule has 0 spiro atoms. The maximum Gasteiger partial charge on any atom is 0.0912 e. The zero-order chi connectivity index (χ0) is 13.3. The van der Waals surface area contributed by atoms with E-state index in [0.29, 0.717) is 0 Å². The number of aryl methyl sites for hydroxylation is 1. The van der Waals surface area contributed by atoms with E-state index in [4.69, 9.17) is 0 Å². The van der Waals surface area contributed by atoms with Gasteiger partial charge in [0, 0.05) is 12.0 Å². The summed E-state index contributed by atoms with van der Waals surface area (Å²) in [7, 11) is 0. The van der Waals surface area contributed by atoms with Crippen LogP contribution in [0.2, 0.25) is 0 Å². The first-order valence-electron chi connectivity index (χ1n) is 6.58. The number of aromatic nitrogens is 3. The average molecular weight is 237 g/mol. The van der Waals surface area contributed by atoms with Gasteiger partial charge in [0.1, 0.15) is 0 Å². The lowest BCUT2D eigenvalue weighted by Crippen LogP contribution is -2.20. The molecule has 0 aromatic carbocycles. The van der Waals surface area contributed by atoms with E-state index < -0.39 is 0 Å². The molecule has 0 atom stereocenters. The summed E-state index contributed by atoms with van der Waals surface area (Å²) >= 11 is 0. The van der Waals surface area contributed by atoms with Gasteiger partial charge < -0.3 is 0 Å². The van der Waals surface area contributed by atoms with Crippen molar-refractivity contribution in [3.8, 4) is 0 Å². The van der Waals surface area contributed by atoms with Crippen LogP contribution in [0.25, 0.3) is 0 Å². The van der Waals surface area contributed by atoms with Gasteiger partial charge in [0.15, 0.2) is 0 Å². The molecule has 3 heteroatoms. The van der Waals surface area contributed by atoms with Crippen LogP contribution in [-0.4, -0.2) is 15.0 Å². The van der Waals surface area contributed by atoms with Crippen LogP contribution in [0.5, 0.6) is 0 Å². The van der Waals surface area contributed by atoms with E-state index in [1.165, 1.54) is 5.69 Å². The lowest BCUT2D eigenvalue weighted by molar-refractivity contribution is 0.386. The first-order chi connectivity index (χ1) is 7.65. The second-order valence-corrected chi connectivity index (χ2v) is 7.10. The van der Waals surface area contributed by atoms with Crippen LogP contribution < -0.4 is 0 Å². The van der Waals surface area contributed by atoms with Crippen LogP contribution in [0.15, 0.2) is 0 Å². The van der Waals surface area contributed by atoms with Gasteiger partial charge in [0.05, 0.1) is 11.4 Å². The highest BCUT2D eigenvalue weighted by molar-refractivity contribution is 5.20. The molecular weight excluding hydrogens is 210 g/mol. The van der Waals surface area contributed by atoms with Gasteiger partial charge in [-0.05, 0) is 18.3 Å². The molecule has 0 fully saturated rings. The van der Waals surface area contributed by atoms with Gasteiger partial charge in [-0.3, -0.25) is 0 Å². The zero-order valence-corrected chi connectivity index (χ0v) is 12.5. The minimum Gasteiger partial charge on any atom is -0.249 e. The van der Waals surface area contributed by atoms with Crippen molar-refractivity contribution in [1.82, 2.24) is 15.0 Å². The molecule has 1 aromatic heterocycles. The van der Waals surface area contributed by atoms with E-state index in [0.717, 1.165) is 25.1 Å². The first-order valence-corrected chi connectivity index (χ1v) is 6.58. The Hall–Kier alpha value is -0.860. The summed E-state index contributed by atoms with van der Waals surface area (Å²) in [5, 5.41) is 8.73. The number of hydrogen-bond donors (Lipinski definition) is 0. The molecule has 1 aromatic rings. The molecule has 98 valence electrons. The summed E-state index contributed by atoms with van der Waals surface area (Å²) in [6.07, 6.45) is 2.14. The maximum atomic E-state index is 4.40. The standard InChI is InChI=1S/C14H27N3/c1-8-9-17-11(10-13(2,3)4)12(15-16-17)14(5,6)7/h8-10H2,1-7H3. The Balaban J connectivity index is 3.15. The molecule has 0 saturated heterocycles. The summed E-state index contributed by atoms with van der Waals surface area (Å²) in [5.74, 6) is 0. The van der Waals surface area contributed by atoms with Crippen molar-refractivity contribution in [2.24, 2.45) is 5.41 Å². The zero-order valence-electron chi connectivity index (χ0n) is 12.5. The third-order valence-electron chi connectivity index (χ3n) is 2.68. The van der Waals surface area contributed by atoms with Gasteiger partial charge in [-0.1, -0.05) is 53.7 Å². The van der Waals surface area contributed by atoms with Crippen molar-refractivity contribution < 1.29 is 0 Å². The molecular formula is C14H27N3. The third-order valence-corrected chi connectivity index (χ3v) is 2.68. The van der Waals surface area contributed by atoms with E-state index in [1.807, 2.05) is 0 Å². The van der Waals surface area contributed by atoms with Crippen LogP contribution in [0.3, 0.4) is 0 Å². The fourth-order valence-electron chi connectivity index (χ4n) is 1.98. The lowest BCUT2D eigenvalue weighted by atomic mass is 9.84. The van der Waals surface area contributed by atoms with Crippen molar-refractivity contribution in [3.63, 3.8) is 0 Å². The monoisotopic (exact) mass is 237 g/mol. The van der Waals surface area contributed by atoms with Crippen LogP contribution in [0.4, 0.5) is 0 Å². The molecule has 0 aliphatic heterocycles. The predicted molar refractivity (Wildman–Crippen MR) is 72.2 cm³/mol. The van der Waals surface area contributed by atoms with Crippen LogP contribution in [0.1, 0.15) is 66.3 Å². The second-order valence-electron chi connectivity index (χ2n) is 7.10. The molecule has 0 aliphatic rings. The average Bonchev–Trinajstić information content (AvgIpc) is 2.45. The first kappa shape index (κ1) is 14.2. The fraction of sp³-hybridized carbons (Fsp3) is 0.857. The van der Waals surface area contributed by atoms with Gasteiger partial charge in [-0.2, -0.15) is 0 Å². The summed E-state index contributed by atoms with van der Waals surface area (Å²) < 4.78 is 2.09. The third kappa shape index (κ3) is 3.83. The summed E-state index contributed by atoms with van der Waals surface area (Å²) in [4.78, 5) is 0. The number of rotatable bonds is 3. The highest BCUT2D eigenvalue weighted by Crippen LogP contribution is 2.29. The quantitative estimate of drug-likeness (QED) is 0.804. The smallest absolute Gasteiger partial charge is 0.0912 e. The molecule has 1 rings (SSSR count). The topological polar surface area (TPSA) is 30.7 Å². The normalized spacial score (nSPS) is 13.1. The Morgan fingerprint density at radius 2 is 1.65 bits per heavy atom. The van der Waals surface area contributed by atoms with Gasteiger partial charge in [-0.25, -0.2) is 4.68 Å². The SMILES string of the molecule is CCCn1nnc(C(C)(C)C)c1CC(C)(C)C. The summed E-state index contributed by atoms with van der Waals surface area (Å²) in [6.45, 7) is 16.6. The van der Waals surface area contributed by atoms with E-state index in [1.54, 1.807) is 0 Å². The molecule has 3 nitrogen and oxygen atoms in total. The Morgan fingerprint density at radius 1 is 1.06 bits per heavy atom. The minimum absolute atomic E-state index is 0.0760. The molecule has 0 bridgehead atoms. The van der Waals surface area contributed by atoms with Crippen LogP contribution >= 0.6 is 0 Å². The number of nitrogens with zero attached hydrogens (tertiary/aromatic N) is 3. The predicted octanol–water partition coefficient (Wildman–Crippen LogP) is 3.57. The number of hydrogen-bond acceptors (Lipinski definition) is 2. The molecule has 1 heterocycles. The van der Waals surface area contributed by atoms with E-state index in [2.05, 4.69) is 63.5 Å². The highest BCUT2D eigenvalue weighted by atomic mass is 15.4. The van der Waals surface area contributed by atoms with Gasteiger partial charge in [0.25, 0.3) is 0 Å². The van der Waals surface area contributed by atoms with Gasteiger partial charge in [-0.15, -0.1) is 5.10 Å². The van der Waals surface area contributed by atoms with Crippen molar-refractivity contribution in [2.45, 2.75) is 73.3 Å². The van der Waals surface area contributed by atoms with E-state index in [-0.39, 0.29) is 10.8 Å². The molecule has 17 heavy (non-hydrogen) atoms.